The molecule has 3 rings (SSSR count). The fraction of sp³-hybridized carbons (Fsp3) is 0.158. The number of hydrogen-bond acceptors (Lipinski definition) is 3. The summed E-state index contributed by atoms with van der Waals surface area (Å²) in [6.07, 6.45) is 2.28. The zero-order valence-corrected chi connectivity index (χ0v) is 16.6. The normalized spacial score (nSPS) is 10.7. The molecule has 0 aliphatic carbocycles. The van der Waals surface area contributed by atoms with Gasteiger partial charge in [0.15, 0.2) is 12.4 Å². The van der Waals surface area contributed by atoms with E-state index in [1.807, 2.05) is 6.07 Å². The van der Waals surface area contributed by atoms with Gasteiger partial charge in [-0.25, -0.2) is 4.39 Å². The predicted molar refractivity (Wildman–Crippen MR) is 108 cm³/mol. The third-order valence-corrected chi connectivity index (χ3v) is 4.86. The molecule has 0 spiro atoms. The summed E-state index contributed by atoms with van der Waals surface area (Å²) in [5.41, 5.74) is 1.58. The standard InChI is InChI=1S/C19H15ClFIN2O2/c20-15-10-16(22)19(18-14(15)2-1-8-24-18)26-11-17(25)23-9-7-12-3-5-13(21)6-4-12/h1-6,8,10H,7,9,11H2,(H,23,25). The number of nitrogens with zero attached hydrogens (tertiary/aromatic N) is 1. The minimum absolute atomic E-state index is 0.118. The van der Waals surface area contributed by atoms with E-state index >= 15 is 0 Å². The van der Waals surface area contributed by atoms with E-state index < -0.39 is 0 Å². The Morgan fingerprint density at radius 2 is 2.04 bits per heavy atom. The molecule has 0 fully saturated rings. The lowest BCUT2D eigenvalue weighted by molar-refractivity contribution is -0.123. The Balaban J connectivity index is 1.58. The highest BCUT2D eigenvalue weighted by Crippen LogP contribution is 2.34. The average Bonchev–Trinajstić information content (AvgIpc) is 2.63. The number of amides is 1. The molecule has 134 valence electrons. The number of fused-ring (bicyclic) bond motifs is 1. The third-order valence-electron chi connectivity index (χ3n) is 3.75. The van der Waals surface area contributed by atoms with E-state index in [4.69, 9.17) is 16.3 Å². The van der Waals surface area contributed by atoms with Crippen molar-refractivity contribution in [3.63, 3.8) is 0 Å². The number of aromatic nitrogens is 1. The number of hydrogen-bond donors (Lipinski definition) is 1. The third kappa shape index (κ3) is 4.62. The summed E-state index contributed by atoms with van der Waals surface area (Å²) in [7, 11) is 0. The van der Waals surface area contributed by atoms with Gasteiger partial charge in [-0.15, -0.1) is 0 Å². The molecule has 0 bridgehead atoms. The maximum Gasteiger partial charge on any atom is 0.257 e. The van der Waals surface area contributed by atoms with Crippen LogP contribution in [-0.2, 0) is 11.2 Å². The van der Waals surface area contributed by atoms with Crippen LogP contribution in [0.3, 0.4) is 0 Å². The van der Waals surface area contributed by atoms with Crippen molar-refractivity contribution in [3.05, 3.63) is 68.6 Å². The van der Waals surface area contributed by atoms with Gasteiger partial charge in [0, 0.05) is 18.1 Å². The SMILES string of the molecule is O=C(COc1c(I)cc(Cl)c2cccnc12)NCCc1ccc(F)cc1. The lowest BCUT2D eigenvalue weighted by Gasteiger charge is -2.12. The van der Waals surface area contributed by atoms with Crippen LogP contribution >= 0.6 is 34.2 Å². The molecule has 0 aliphatic heterocycles. The van der Waals surface area contributed by atoms with Crippen LogP contribution in [0.4, 0.5) is 4.39 Å². The fourth-order valence-electron chi connectivity index (χ4n) is 2.47. The highest BCUT2D eigenvalue weighted by molar-refractivity contribution is 14.1. The minimum atomic E-state index is -0.274. The Bertz CT molecular complexity index is 935. The second kappa shape index (κ2) is 8.64. The van der Waals surface area contributed by atoms with Crippen LogP contribution in [0.15, 0.2) is 48.7 Å². The fourth-order valence-corrected chi connectivity index (χ4v) is 3.64. The summed E-state index contributed by atoms with van der Waals surface area (Å²) in [4.78, 5) is 16.3. The van der Waals surface area contributed by atoms with Gasteiger partial charge in [-0.2, -0.15) is 0 Å². The van der Waals surface area contributed by atoms with E-state index in [1.54, 1.807) is 30.5 Å². The summed E-state index contributed by atoms with van der Waals surface area (Å²) in [6.45, 7) is 0.331. The van der Waals surface area contributed by atoms with E-state index in [-0.39, 0.29) is 18.3 Å². The van der Waals surface area contributed by atoms with Gasteiger partial charge in [0.2, 0.25) is 0 Å². The van der Waals surface area contributed by atoms with Crippen molar-refractivity contribution in [3.8, 4) is 5.75 Å². The van der Waals surface area contributed by atoms with Crippen molar-refractivity contribution in [2.24, 2.45) is 0 Å². The molecule has 26 heavy (non-hydrogen) atoms. The maximum absolute atomic E-state index is 12.9. The zero-order valence-electron chi connectivity index (χ0n) is 13.6. The molecule has 4 nitrogen and oxygen atoms in total. The molecular formula is C19H15ClFIN2O2. The van der Waals surface area contributed by atoms with Crippen LogP contribution in [0.25, 0.3) is 10.9 Å². The molecule has 0 saturated heterocycles. The molecule has 0 unspecified atom stereocenters. The van der Waals surface area contributed by atoms with Gasteiger partial charge < -0.3 is 10.1 Å². The van der Waals surface area contributed by atoms with Crippen molar-refractivity contribution >= 4 is 51.0 Å². The van der Waals surface area contributed by atoms with Gasteiger partial charge in [-0.1, -0.05) is 23.7 Å². The smallest absolute Gasteiger partial charge is 0.257 e. The Labute approximate surface area is 168 Å². The van der Waals surface area contributed by atoms with Crippen molar-refractivity contribution in [1.29, 1.82) is 0 Å². The van der Waals surface area contributed by atoms with E-state index in [0.717, 1.165) is 14.5 Å². The lowest BCUT2D eigenvalue weighted by Crippen LogP contribution is -2.30. The Morgan fingerprint density at radius 3 is 2.81 bits per heavy atom. The van der Waals surface area contributed by atoms with E-state index in [1.165, 1.54) is 12.1 Å². The van der Waals surface area contributed by atoms with Gasteiger partial charge in [0.1, 0.15) is 11.3 Å². The van der Waals surface area contributed by atoms with E-state index in [2.05, 4.69) is 32.9 Å². The minimum Gasteiger partial charge on any atom is -0.480 e. The Kier molecular flexibility index (Phi) is 6.26. The molecule has 2 aromatic carbocycles. The van der Waals surface area contributed by atoms with Crippen LogP contribution in [0.5, 0.6) is 5.75 Å². The van der Waals surface area contributed by atoms with Gasteiger partial charge in [-0.05, 0) is 64.9 Å². The molecule has 1 N–H and O–H groups in total. The van der Waals surface area contributed by atoms with Crippen molar-refractivity contribution in [1.82, 2.24) is 10.3 Å². The van der Waals surface area contributed by atoms with E-state index in [0.29, 0.717) is 29.3 Å². The number of ether oxygens (including phenoxy) is 1. The van der Waals surface area contributed by atoms with E-state index in [9.17, 15) is 9.18 Å². The second-order valence-corrected chi connectivity index (χ2v) is 7.15. The highest BCUT2D eigenvalue weighted by atomic mass is 127. The molecule has 1 amide bonds. The van der Waals surface area contributed by atoms with Crippen LogP contribution < -0.4 is 10.1 Å². The molecular weight excluding hydrogens is 470 g/mol. The lowest BCUT2D eigenvalue weighted by atomic mass is 10.1. The first-order chi connectivity index (χ1) is 12.5. The second-order valence-electron chi connectivity index (χ2n) is 5.58. The summed E-state index contributed by atoms with van der Waals surface area (Å²) in [5.74, 6) is 0.0332. The maximum atomic E-state index is 12.9. The number of benzene rings is 2. The molecule has 1 aromatic heterocycles. The van der Waals surface area contributed by atoms with Crippen molar-refractivity contribution < 1.29 is 13.9 Å². The number of carbonyl (C=O) groups excluding carboxylic acids is 1. The quantitative estimate of drug-likeness (QED) is 0.529. The molecule has 0 radical (unpaired) electrons. The van der Waals surface area contributed by atoms with Crippen molar-refractivity contribution in [2.75, 3.05) is 13.2 Å². The van der Waals surface area contributed by atoms with Crippen LogP contribution in [0.1, 0.15) is 5.56 Å². The first kappa shape index (κ1) is 18.8. The first-order valence-corrected chi connectivity index (χ1v) is 9.37. The number of carbonyl (C=O) groups is 1. The molecule has 0 atom stereocenters. The Morgan fingerprint density at radius 1 is 1.27 bits per heavy atom. The largest absolute Gasteiger partial charge is 0.480 e. The van der Waals surface area contributed by atoms with Gasteiger partial charge in [0.25, 0.3) is 5.91 Å². The number of nitrogens with one attached hydrogen (secondary N) is 1. The molecule has 0 aliphatic rings. The molecule has 3 aromatic rings. The highest BCUT2D eigenvalue weighted by Gasteiger charge is 2.13. The number of pyridine rings is 1. The molecule has 1 heterocycles. The van der Waals surface area contributed by atoms with Gasteiger partial charge >= 0.3 is 0 Å². The van der Waals surface area contributed by atoms with Gasteiger partial charge in [0.05, 0.1) is 8.59 Å². The van der Waals surface area contributed by atoms with Crippen LogP contribution in [0, 0.1) is 9.39 Å². The topological polar surface area (TPSA) is 51.2 Å². The summed E-state index contributed by atoms with van der Waals surface area (Å²) in [6, 6.07) is 11.6. The monoisotopic (exact) mass is 484 g/mol. The molecule has 7 heteroatoms. The predicted octanol–water partition coefficient (Wildman–Crippen LogP) is 4.37. The summed E-state index contributed by atoms with van der Waals surface area (Å²) >= 11 is 8.34. The van der Waals surface area contributed by atoms with Crippen molar-refractivity contribution in [2.45, 2.75) is 6.42 Å². The zero-order chi connectivity index (χ0) is 18.5. The van der Waals surface area contributed by atoms with Crippen LogP contribution in [-0.4, -0.2) is 24.0 Å². The first-order valence-electron chi connectivity index (χ1n) is 7.91. The number of rotatable bonds is 6. The Hall–Kier alpha value is -1.93. The van der Waals surface area contributed by atoms with Crippen LogP contribution in [0.2, 0.25) is 5.02 Å². The van der Waals surface area contributed by atoms with Gasteiger partial charge in [-0.3, -0.25) is 9.78 Å². The summed E-state index contributed by atoms with van der Waals surface area (Å²) < 4.78 is 19.4. The number of halogens is 3. The average molecular weight is 485 g/mol. The summed E-state index contributed by atoms with van der Waals surface area (Å²) in [5, 5.41) is 4.16. The molecule has 0 saturated carbocycles.